The third-order valence-corrected chi connectivity index (χ3v) is 5.73. The van der Waals surface area contributed by atoms with Gasteiger partial charge < -0.3 is 5.32 Å². The van der Waals surface area contributed by atoms with E-state index in [0.717, 1.165) is 39.0 Å². The van der Waals surface area contributed by atoms with Gasteiger partial charge in [0.2, 0.25) is 0 Å². The second kappa shape index (κ2) is 6.44. The average molecular weight is 411 g/mol. The lowest BCUT2D eigenvalue weighted by atomic mass is 10.1. The fraction of sp³-hybridized carbons (Fsp3) is 0.375. The third kappa shape index (κ3) is 3.14. The zero-order chi connectivity index (χ0) is 14.8. The summed E-state index contributed by atoms with van der Waals surface area (Å²) in [5.41, 5.74) is 3.55. The Bertz CT molecular complexity index is 671. The van der Waals surface area contributed by atoms with Crippen LogP contribution < -0.4 is 5.32 Å². The molecule has 1 aromatic heterocycles. The molecule has 0 bridgehead atoms. The van der Waals surface area contributed by atoms with Crippen molar-refractivity contribution < 1.29 is 0 Å². The standard InChI is InChI=1S/C16H17Br2N3/c1-19-16-11-5-3-2-4-6-14(11)20-15(21-16)10-7-8-12(17)13(18)9-10/h7-9H,2-6H2,1H3,(H,19,20,21). The van der Waals surface area contributed by atoms with E-state index >= 15 is 0 Å². The second-order valence-electron chi connectivity index (χ2n) is 5.26. The van der Waals surface area contributed by atoms with Crippen LogP contribution in [0.25, 0.3) is 11.4 Å². The van der Waals surface area contributed by atoms with Crippen LogP contribution in [0.4, 0.5) is 5.82 Å². The van der Waals surface area contributed by atoms with E-state index in [2.05, 4.69) is 43.2 Å². The number of fused-ring (bicyclic) bond motifs is 1. The number of nitrogens with one attached hydrogen (secondary N) is 1. The molecule has 1 heterocycles. The van der Waals surface area contributed by atoms with Crippen molar-refractivity contribution in [2.75, 3.05) is 12.4 Å². The van der Waals surface area contributed by atoms with Crippen molar-refractivity contribution in [2.24, 2.45) is 0 Å². The van der Waals surface area contributed by atoms with E-state index in [1.807, 2.05) is 19.2 Å². The summed E-state index contributed by atoms with van der Waals surface area (Å²) in [6.45, 7) is 0. The highest BCUT2D eigenvalue weighted by Gasteiger charge is 2.17. The molecule has 110 valence electrons. The summed E-state index contributed by atoms with van der Waals surface area (Å²) in [6.07, 6.45) is 5.86. The van der Waals surface area contributed by atoms with Gasteiger partial charge in [0, 0.05) is 32.8 Å². The van der Waals surface area contributed by atoms with Crippen molar-refractivity contribution in [1.29, 1.82) is 0 Å². The van der Waals surface area contributed by atoms with Crippen LogP contribution in [-0.4, -0.2) is 17.0 Å². The number of aromatic nitrogens is 2. The first kappa shape index (κ1) is 15.0. The van der Waals surface area contributed by atoms with Crippen molar-refractivity contribution >= 4 is 37.7 Å². The van der Waals surface area contributed by atoms with Gasteiger partial charge in [-0.3, -0.25) is 0 Å². The molecule has 0 radical (unpaired) electrons. The van der Waals surface area contributed by atoms with E-state index in [-0.39, 0.29) is 0 Å². The Hall–Kier alpha value is -0.940. The lowest BCUT2D eigenvalue weighted by molar-refractivity contribution is 0.709. The summed E-state index contributed by atoms with van der Waals surface area (Å²) in [5.74, 6) is 1.78. The molecular formula is C16H17Br2N3. The monoisotopic (exact) mass is 409 g/mol. The van der Waals surface area contributed by atoms with Crippen LogP contribution >= 0.6 is 31.9 Å². The van der Waals surface area contributed by atoms with Crippen LogP contribution in [0.1, 0.15) is 30.5 Å². The van der Waals surface area contributed by atoms with E-state index < -0.39 is 0 Å². The minimum absolute atomic E-state index is 0.799. The largest absolute Gasteiger partial charge is 0.373 e. The Morgan fingerprint density at radius 3 is 2.57 bits per heavy atom. The lowest BCUT2D eigenvalue weighted by Gasteiger charge is -2.13. The van der Waals surface area contributed by atoms with Crippen LogP contribution in [0.3, 0.4) is 0 Å². The summed E-state index contributed by atoms with van der Waals surface area (Å²) in [5, 5.41) is 3.25. The predicted octanol–water partition coefficient (Wildman–Crippen LogP) is 4.98. The molecule has 0 unspecified atom stereocenters. The van der Waals surface area contributed by atoms with Gasteiger partial charge in [0.15, 0.2) is 5.82 Å². The van der Waals surface area contributed by atoms with Gasteiger partial charge in [-0.1, -0.05) is 6.42 Å². The van der Waals surface area contributed by atoms with Gasteiger partial charge in [-0.15, -0.1) is 0 Å². The number of halogens is 2. The second-order valence-corrected chi connectivity index (χ2v) is 6.97. The Labute approximate surface area is 141 Å². The SMILES string of the molecule is CNc1nc(-c2ccc(Br)c(Br)c2)nc2c1CCCCC2. The molecule has 0 atom stereocenters. The summed E-state index contributed by atoms with van der Waals surface area (Å²) in [4.78, 5) is 9.56. The van der Waals surface area contributed by atoms with E-state index in [0.29, 0.717) is 0 Å². The molecule has 21 heavy (non-hydrogen) atoms. The van der Waals surface area contributed by atoms with E-state index in [4.69, 9.17) is 9.97 Å². The highest BCUT2D eigenvalue weighted by Crippen LogP contribution is 2.31. The fourth-order valence-electron chi connectivity index (χ4n) is 2.74. The number of hydrogen-bond acceptors (Lipinski definition) is 3. The minimum Gasteiger partial charge on any atom is -0.373 e. The molecule has 1 aromatic carbocycles. The molecule has 0 saturated carbocycles. The van der Waals surface area contributed by atoms with Gasteiger partial charge >= 0.3 is 0 Å². The van der Waals surface area contributed by atoms with Gasteiger partial charge in [-0.25, -0.2) is 9.97 Å². The molecule has 1 aliphatic carbocycles. The first-order valence-electron chi connectivity index (χ1n) is 7.22. The molecule has 3 nitrogen and oxygen atoms in total. The molecule has 0 amide bonds. The number of rotatable bonds is 2. The zero-order valence-corrected chi connectivity index (χ0v) is 15.1. The maximum Gasteiger partial charge on any atom is 0.161 e. The maximum absolute atomic E-state index is 4.84. The fourth-order valence-corrected chi connectivity index (χ4v) is 3.37. The molecule has 0 spiro atoms. The summed E-state index contributed by atoms with van der Waals surface area (Å²) >= 11 is 7.05. The van der Waals surface area contributed by atoms with Gasteiger partial charge in [-0.05, 0) is 75.7 Å². The zero-order valence-electron chi connectivity index (χ0n) is 11.9. The normalized spacial score (nSPS) is 14.4. The van der Waals surface area contributed by atoms with Crippen LogP contribution in [0.15, 0.2) is 27.1 Å². The molecule has 1 N–H and O–H groups in total. The first-order valence-corrected chi connectivity index (χ1v) is 8.80. The van der Waals surface area contributed by atoms with Crippen molar-refractivity contribution in [3.8, 4) is 11.4 Å². The predicted molar refractivity (Wildman–Crippen MR) is 93.7 cm³/mol. The van der Waals surface area contributed by atoms with Gasteiger partial charge in [-0.2, -0.15) is 0 Å². The molecular weight excluding hydrogens is 394 g/mol. The van der Waals surface area contributed by atoms with Crippen LogP contribution in [-0.2, 0) is 12.8 Å². The summed E-state index contributed by atoms with van der Waals surface area (Å²) in [6, 6.07) is 6.13. The topological polar surface area (TPSA) is 37.8 Å². The van der Waals surface area contributed by atoms with E-state index in [1.54, 1.807) is 0 Å². The number of aryl methyl sites for hydroxylation is 1. The van der Waals surface area contributed by atoms with Gasteiger partial charge in [0.1, 0.15) is 5.82 Å². The van der Waals surface area contributed by atoms with Crippen LogP contribution in [0.5, 0.6) is 0 Å². The van der Waals surface area contributed by atoms with Crippen molar-refractivity contribution in [3.05, 3.63) is 38.4 Å². The summed E-state index contributed by atoms with van der Waals surface area (Å²) in [7, 11) is 1.94. The molecule has 5 heteroatoms. The highest BCUT2D eigenvalue weighted by atomic mass is 79.9. The molecule has 2 aromatic rings. The summed E-state index contributed by atoms with van der Waals surface area (Å²) < 4.78 is 2.06. The molecule has 0 saturated heterocycles. The Kier molecular flexibility index (Phi) is 4.60. The van der Waals surface area contributed by atoms with Gasteiger partial charge in [0.25, 0.3) is 0 Å². The smallest absolute Gasteiger partial charge is 0.161 e. The molecule has 0 fully saturated rings. The number of hydrogen-bond donors (Lipinski definition) is 1. The minimum atomic E-state index is 0.799. The molecule has 3 rings (SSSR count). The van der Waals surface area contributed by atoms with Crippen LogP contribution in [0.2, 0.25) is 0 Å². The maximum atomic E-state index is 4.84. The Balaban J connectivity index is 2.10. The number of anilines is 1. The number of nitrogens with zero attached hydrogens (tertiary/aromatic N) is 2. The Morgan fingerprint density at radius 2 is 1.81 bits per heavy atom. The average Bonchev–Trinajstić information content (AvgIpc) is 2.74. The number of benzene rings is 1. The highest BCUT2D eigenvalue weighted by molar-refractivity contribution is 9.13. The quantitative estimate of drug-likeness (QED) is 0.709. The molecule has 1 aliphatic rings. The van der Waals surface area contributed by atoms with Crippen LogP contribution in [0, 0.1) is 0 Å². The van der Waals surface area contributed by atoms with Gasteiger partial charge in [0.05, 0.1) is 0 Å². The van der Waals surface area contributed by atoms with E-state index in [1.165, 1.54) is 30.5 Å². The van der Waals surface area contributed by atoms with Crippen molar-refractivity contribution in [2.45, 2.75) is 32.1 Å². The van der Waals surface area contributed by atoms with E-state index in [9.17, 15) is 0 Å². The first-order chi connectivity index (χ1) is 10.2. The van der Waals surface area contributed by atoms with Crippen molar-refractivity contribution in [1.82, 2.24) is 9.97 Å². The lowest BCUT2D eigenvalue weighted by Crippen LogP contribution is -2.06. The molecule has 0 aliphatic heterocycles. The van der Waals surface area contributed by atoms with Crippen molar-refractivity contribution in [3.63, 3.8) is 0 Å². The Morgan fingerprint density at radius 1 is 1.00 bits per heavy atom. The third-order valence-electron chi connectivity index (χ3n) is 3.85.